The molecular formula is C14H22O3. The Balaban J connectivity index is 0.000000125. The van der Waals surface area contributed by atoms with Gasteiger partial charge >= 0.3 is 0 Å². The molecule has 96 valence electrons. The van der Waals surface area contributed by atoms with Crippen LogP contribution in [-0.2, 0) is 14.3 Å². The van der Waals surface area contributed by atoms with Crippen molar-refractivity contribution in [3.05, 3.63) is 0 Å². The number of fused-ring (bicyclic) bond motifs is 2. The van der Waals surface area contributed by atoms with E-state index in [9.17, 15) is 4.79 Å². The average Bonchev–Trinajstić information content (AvgIpc) is 2.95. The van der Waals surface area contributed by atoms with Crippen LogP contribution in [0.15, 0.2) is 0 Å². The Morgan fingerprint density at radius 2 is 1.76 bits per heavy atom. The van der Waals surface area contributed by atoms with Crippen molar-refractivity contribution >= 4 is 6.47 Å². The fourth-order valence-electron chi connectivity index (χ4n) is 3.49. The molecule has 0 amide bonds. The Labute approximate surface area is 103 Å². The summed E-state index contributed by atoms with van der Waals surface area (Å²) < 4.78 is 10.3. The van der Waals surface area contributed by atoms with Gasteiger partial charge in [0.1, 0.15) is 6.10 Å². The molecule has 0 N–H and O–H groups in total. The van der Waals surface area contributed by atoms with Gasteiger partial charge in [-0.25, -0.2) is 0 Å². The fraction of sp³-hybridized carbons (Fsp3) is 0.929. The normalized spacial score (nSPS) is 49.2. The van der Waals surface area contributed by atoms with E-state index >= 15 is 0 Å². The minimum absolute atomic E-state index is 0.0337. The van der Waals surface area contributed by atoms with Gasteiger partial charge in [0.05, 0.1) is 11.7 Å². The number of epoxide rings is 1. The van der Waals surface area contributed by atoms with Crippen LogP contribution in [0, 0.1) is 11.8 Å². The third-order valence-corrected chi connectivity index (χ3v) is 5.15. The highest BCUT2D eigenvalue weighted by Crippen LogP contribution is 2.49. The SMILES string of the molecule is C1CC2CCC12.CC12CC(OC=O)CCC1O2. The highest BCUT2D eigenvalue weighted by Gasteiger charge is 2.56. The fourth-order valence-corrected chi connectivity index (χ4v) is 3.49. The summed E-state index contributed by atoms with van der Waals surface area (Å²) in [6.07, 6.45) is 9.64. The molecule has 17 heavy (non-hydrogen) atoms. The standard InChI is InChI=1S/C8H12O3.C6H10/c1-8-4-6(10-5-9)2-3-7(8)11-8;1-2-6-4-3-5(1)6/h5-7H,2-4H2,1H3;5-6H,1-4H2. The summed E-state index contributed by atoms with van der Waals surface area (Å²) in [5.41, 5.74) is 0.0337. The van der Waals surface area contributed by atoms with E-state index < -0.39 is 0 Å². The maximum atomic E-state index is 10.0. The van der Waals surface area contributed by atoms with Crippen molar-refractivity contribution in [3.8, 4) is 0 Å². The predicted molar refractivity (Wildman–Crippen MR) is 63.5 cm³/mol. The molecule has 3 unspecified atom stereocenters. The molecule has 0 bridgehead atoms. The molecule has 0 radical (unpaired) electrons. The molecule has 3 atom stereocenters. The summed E-state index contributed by atoms with van der Waals surface area (Å²) in [5.74, 6) is 2.43. The topological polar surface area (TPSA) is 38.8 Å². The van der Waals surface area contributed by atoms with Crippen LogP contribution < -0.4 is 0 Å². The Kier molecular flexibility index (Phi) is 2.89. The highest BCUT2D eigenvalue weighted by molar-refractivity contribution is 5.37. The van der Waals surface area contributed by atoms with Gasteiger partial charge in [0.2, 0.25) is 0 Å². The molecule has 4 rings (SSSR count). The molecule has 3 nitrogen and oxygen atoms in total. The van der Waals surface area contributed by atoms with Crippen LogP contribution in [0.25, 0.3) is 0 Å². The summed E-state index contributed by atoms with van der Waals surface area (Å²) >= 11 is 0. The van der Waals surface area contributed by atoms with E-state index in [4.69, 9.17) is 9.47 Å². The molecule has 0 spiro atoms. The van der Waals surface area contributed by atoms with Crippen molar-refractivity contribution in [2.75, 3.05) is 0 Å². The molecule has 4 fully saturated rings. The third kappa shape index (κ3) is 2.22. The second kappa shape index (κ2) is 4.27. The Morgan fingerprint density at radius 3 is 2.18 bits per heavy atom. The Morgan fingerprint density at radius 1 is 1.12 bits per heavy atom. The van der Waals surface area contributed by atoms with Crippen molar-refractivity contribution in [3.63, 3.8) is 0 Å². The molecule has 1 aliphatic heterocycles. The molecule has 4 aliphatic rings. The zero-order valence-corrected chi connectivity index (χ0v) is 10.6. The monoisotopic (exact) mass is 238 g/mol. The summed E-state index contributed by atoms with van der Waals surface area (Å²) in [6.45, 7) is 2.62. The Hall–Kier alpha value is -0.570. The smallest absolute Gasteiger partial charge is 0.293 e. The first-order valence-electron chi connectivity index (χ1n) is 6.98. The van der Waals surface area contributed by atoms with Crippen LogP contribution >= 0.6 is 0 Å². The van der Waals surface area contributed by atoms with Gasteiger partial charge in [0.25, 0.3) is 6.47 Å². The minimum Gasteiger partial charge on any atom is -0.464 e. The van der Waals surface area contributed by atoms with E-state index in [-0.39, 0.29) is 11.7 Å². The van der Waals surface area contributed by atoms with Crippen LogP contribution in [-0.4, -0.2) is 24.3 Å². The second-order valence-corrected chi connectivity index (χ2v) is 6.23. The van der Waals surface area contributed by atoms with Gasteiger partial charge in [-0.1, -0.05) is 0 Å². The number of carbonyl (C=O) groups is 1. The van der Waals surface area contributed by atoms with Gasteiger partial charge in [-0.15, -0.1) is 0 Å². The van der Waals surface area contributed by atoms with Crippen LogP contribution in [0.1, 0.15) is 51.9 Å². The van der Waals surface area contributed by atoms with Gasteiger partial charge in [-0.2, -0.15) is 0 Å². The summed E-state index contributed by atoms with van der Waals surface area (Å²) in [4.78, 5) is 10.0. The number of hydrogen-bond donors (Lipinski definition) is 0. The summed E-state index contributed by atoms with van der Waals surface area (Å²) in [6, 6.07) is 0. The highest BCUT2D eigenvalue weighted by atomic mass is 16.6. The van der Waals surface area contributed by atoms with E-state index in [2.05, 4.69) is 6.92 Å². The van der Waals surface area contributed by atoms with Crippen molar-refractivity contribution in [2.45, 2.75) is 69.7 Å². The van der Waals surface area contributed by atoms with Gasteiger partial charge in [0.15, 0.2) is 0 Å². The van der Waals surface area contributed by atoms with E-state index in [1.54, 1.807) is 25.7 Å². The Bertz CT molecular complexity index is 286. The molecule has 3 heteroatoms. The molecule has 1 saturated heterocycles. The first kappa shape index (κ1) is 11.5. The van der Waals surface area contributed by atoms with E-state index in [1.807, 2.05) is 0 Å². The van der Waals surface area contributed by atoms with Crippen LogP contribution in [0.4, 0.5) is 0 Å². The van der Waals surface area contributed by atoms with Crippen molar-refractivity contribution in [1.29, 1.82) is 0 Å². The maximum absolute atomic E-state index is 10.0. The molecular weight excluding hydrogens is 216 g/mol. The third-order valence-electron chi connectivity index (χ3n) is 5.15. The summed E-state index contributed by atoms with van der Waals surface area (Å²) in [5, 5.41) is 0. The maximum Gasteiger partial charge on any atom is 0.293 e. The van der Waals surface area contributed by atoms with Crippen molar-refractivity contribution in [2.24, 2.45) is 11.8 Å². The van der Waals surface area contributed by atoms with E-state index in [0.29, 0.717) is 12.6 Å². The van der Waals surface area contributed by atoms with Gasteiger partial charge in [-0.3, -0.25) is 4.79 Å². The summed E-state index contributed by atoms with van der Waals surface area (Å²) in [7, 11) is 0. The number of ether oxygens (including phenoxy) is 2. The van der Waals surface area contributed by atoms with Crippen molar-refractivity contribution < 1.29 is 14.3 Å². The lowest BCUT2D eigenvalue weighted by Crippen LogP contribution is -2.34. The molecule has 3 saturated carbocycles. The molecule has 1 heterocycles. The minimum atomic E-state index is 0.0337. The lowest BCUT2D eigenvalue weighted by molar-refractivity contribution is -0.135. The van der Waals surface area contributed by atoms with Crippen LogP contribution in [0.2, 0.25) is 0 Å². The largest absolute Gasteiger partial charge is 0.464 e. The van der Waals surface area contributed by atoms with Crippen LogP contribution in [0.3, 0.4) is 0 Å². The molecule has 0 aromatic carbocycles. The number of rotatable bonds is 2. The molecule has 3 aliphatic carbocycles. The average molecular weight is 238 g/mol. The van der Waals surface area contributed by atoms with Crippen LogP contribution in [0.5, 0.6) is 0 Å². The van der Waals surface area contributed by atoms with E-state index in [0.717, 1.165) is 19.3 Å². The zero-order valence-electron chi connectivity index (χ0n) is 10.6. The zero-order chi connectivity index (χ0) is 11.9. The van der Waals surface area contributed by atoms with Crippen molar-refractivity contribution in [1.82, 2.24) is 0 Å². The molecule has 0 aromatic rings. The quantitative estimate of drug-likeness (QED) is 0.548. The van der Waals surface area contributed by atoms with Gasteiger partial charge < -0.3 is 9.47 Å². The molecule has 0 aromatic heterocycles. The first-order valence-corrected chi connectivity index (χ1v) is 6.98. The first-order chi connectivity index (χ1) is 8.21. The van der Waals surface area contributed by atoms with Gasteiger partial charge in [0, 0.05) is 6.42 Å². The number of carbonyl (C=O) groups excluding carboxylic acids is 1. The van der Waals surface area contributed by atoms with E-state index in [1.165, 1.54) is 11.8 Å². The predicted octanol–water partition coefficient (Wildman–Crippen LogP) is 2.68. The number of hydrogen-bond acceptors (Lipinski definition) is 3. The lowest BCUT2D eigenvalue weighted by atomic mass is 9.60. The van der Waals surface area contributed by atoms with Gasteiger partial charge in [-0.05, 0) is 57.3 Å². The lowest BCUT2D eigenvalue weighted by Gasteiger charge is -2.46. The second-order valence-electron chi connectivity index (χ2n) is 6.23.